The van der Waals surface area contributed by atoms with Gasteiger partial charge >= 0.3 is 0 Å². The number of aliphatic imine (C=N–C) groups is 1. The Morgan fingerprint density at radius 1 is 1.69 bits per heavy atom. The van der Waals surface area contributed by atoms with Crippen molar-refractivity contribution in [3.63, 3.8) is 0 Å². The summed E-state index contributed by atoms with van der Waals surface area (Å²) in [6.45, 7) is 0. The molecule has 0 bridgehead atoms. The maximum Gasteiger partial charge on any atom is 0.285 e. The van der Waals surface area contributed by atoms with Gasteiger partial charge < -0.3 is 5.73 Å². The smallest absolute Gasteiger partial charge is 0.285 e. The van der Waals surface area contributed by atoms with Crippen LogP contribution < -0.4 is 5.73 Å². The van der Waals surface area contributed by atoms with E-state index in [0.717, 1.165) is 12.3 Å². The Balaban J connectivity index is 3.00. The van der Waals surface area contributed by atoms with Gasteiger partial charge in [0.2, 0.25) is 5.91 Å². The molecule has 0 aliphatic carbocycles. The van der Waals surface area contributed by atoms with E-state index in [0.29, 0.717) is 0 Å². The van der Waals surface area contributed by atoms with E-state index in [1.807, 2.05) is 0 Å². The first-order chi connectivity index (χ1) is 6.02. The lowest BCUT2D eigenvalue weighted by atomic mass is 10.1. The predicted octanol–water partition coefficient (Wildman–Crippen LogP) is -1.14. The number of carbonyl (C=O) groups excluding carboxylic acids is 2. The van der Waals surface area contributed by atoms with Gasteiger partial charge in [-0.25, -0.2) is 4.99 Å². The van der Waals surface area contributed by atoms with E-state index in [1.165, 1.54) is 0 Å². The standard InChI is InChI=1S/C6H5N3O4/c7-5(10)4-1-3(9(12)13)2-8-6(4)11/h1-2,4H,(H2,7,10). The maximum absolute atomic E-state index is 10.8. The second kappa shape index (κ2) is 3.13. The van der Waals surface area contributed by atoms with Gasteiger partial charge in [0, 0.05) is 6.08 Å². The lowest BCUT2D eigenvalue weighted by molar-refractivity contribution is -0.414. The number of hydrogen-bond acceptors (Lipinski definition) is 4. The van der Waals surface area contributed by atoms with Crippen molar-refractivity contribution in [1.82, 2.24) is 0 Å². The molecule has 0 aromatic heterocycles. The molecular weight excluding hydrogens is 178 g/mol. The molecule has 0 aromatic rings. The van der Waals surface area contributed by atoms with Crippen LogP contribution in [0.25, 0.3) is 0 Å². The largest absolute Gasteiger partial charge is 0.369 e. The second-order valence-corrected chi connectivity index (χ2v) is 2.33. The predicted molar refractivity (Wildman–Crippen MR) is 41.3 cm³/mol. The number of dihydropyridines is 1. The molecule has 0 fully saturated rings. The van der Waals surface area contributed by atoms with Crippen molar-refractivity contribution in [3.8, 4) is 0 Å². The van der Waals surface area contributed by atoms with E-state index in [9.17, 15) is 19.7 Å². The summed E-state index contributed by atoms with van der Waals surface area (Å²) in [4.78, 5) is 34.1. The number of nitrogens with zero attached hydrogens (tertiary/aromatic N) is 2. The summed E-state index contributed by atoms with van der Waals surface area (Å²) in [6.07, 6.45) is 1.68. The van der Waals surface area contributed by atoms with Gasteiger partial charge in [-0.15, -0.1) is 0 Å². The van der Waals surface area contributed by atoms with E-state index in [2.05, 4.69) is 4.99 Å². The summed E-state index contributed by atoms with van der Waals surface area (Å²) in [7, 11) is 0. The summed E-state index contributed by atoms with van der Waals surface area (Å²) in [5, 5.41) is 10.2. The highest BCUT2D eigenvalue weighted by atomic mass is 16.6. The fraction of sp³-hybridized carbons (Fsp3) is 0.167. The molecule has 1 rings (SSSR count). The molecule has 68 valence electrons. The number of primary amides is 1. The fourth-order valence-corrected chi connectivity index (χ4v) is 0.807. The zero-order chi connectivity index (χ0) is 10.0. The van der Waals surface area contributed by atoms with Gasteiger partial charge in [-0.3, -0.25) is 19.7 Å². The van der Waals surface area contributed by atoms with Crippen LogP contribution in [0.1, 0.15) is 0 Å². The van der Waals surface area contributed by atoms with Crippen LogP contribution in [0, 0.1) is 16.0 Å². The summed E-state index contributed by atoms with van der Waals surface area (Å²) >= 11 is 0. The lowest BCUT2D eigenvalue weighted by Crippen LogP contribution is -2.30. The van der Waals surface area contributed by atoms with Crippen molar-refractivity contribution >= 4 is 18.0 Å². The number of nitro groups is 1. The molecule has 0 radical (unpaired) electrons. The monoisotopic (exact) mass is 183 g/mol. The molecule has 0 saturated heterocycles. The Labute approximate surface area is 72.1 Å². The molecule has 1 aliphatic rings. The van der Waals surface area contributed by atoms with Crippen LogP contribution in [0.4, 0.5) is 0 Å². The molecule has 0 saturated carbocycles. The molecule has 7 nitrogen and oxygen atoms in total. The number of carbonyl (C=O) groups is 2. The topological polar surface area (TPSA) is 116 Å². The highest BCUT2D eigenvalue weighted by molar-refractivity contribution is 6.07. The van der Waals surface area contributed by atoms with Gasteiger partial charge in [-0.2, -0.15) is 0 Å². The first-order valence-corrected chi connectivity index (χ1v) is 3.26. The zero-order valence-corrected chi connectivity index (χ0v) is 6.34. The SMILES string of the molecule is NC(=O)C1C=C([N+](=O)[O-])C=NC1=O. The maximum atomic E-state index is 10.8. The number of rotatable bonds is 2. The number of nitrogens with two attached hydrogens (primary N) is 1. The molecule has 1 unspecified atom stereocenters. The molecule has 2 amide bonds. The van der Waals surface area contributed by atoms with Crippen LogP contribution in [0.2, 0.25) is 0 Å². The van der Waals surface area contributed by atoms with Crippen LogP contribution in [-0.4, -0.2) is 23.0 Å². The number of amides is 2. The van der Waals surface area contributed by atoms with Crippen LogP contribution in [0.5, 0.6) is 0 Å². The average molecular weight is 183 g/mol. The highest BCUT2D eigenvalue weighted by Crippen LogP contribution is 2.10. The minimum absolute atomic E-state index is 0.400. The van der Waals surface area contributed by atoms with Crippen LogP contribution >= 0.6 is 0 Å². The molecule has 7 heteroatoms. The fourth-order valence-electron chi connectivity index (χ4n) is 0.807. The van der Waals surface area contributed by atoms with E-state index >= 15 is 0 Å². The molecule has 13 heavy (non-hydrogen) atoms. The first kappa shape index (κ1) is 9.04. The van der Waals surface area contributed by atoms with E-state index in [4.69, 9.17) is 5.73 Å². The molecule has 1 heterocycles. The van der Waals surface area contributed by atoms with Crippen molar-refractivity contribution in [2.75, 3.05) is 0 Å². The van der Waals surface area contributed by atoms with Gasteiger partial charge in [0.25, 0.3) is 11.6 Å². The van der Waals surface area contributed by atoms with E-state index in [1.54, 1.807) is 0 Å². The van der Waals surface area contributed by atoms with Gasteiger partial charge in [0.05, 0.1) is 4.92 Å². The van der Waals surface area contributed by atoms with Crippen molar-refractivity contribution in [2.45, 2.75) is 0 Å². The normalized spacial score (nSPS) is 21.1. The minimum Gasteiger partial charge on any atom is -0.369 e. The summed E-state index contributed by atoms with van der Waals surface area (Å²) < 4.78 is 0. The van der Waals surface area contributed by atoms with Crippen molar-refractivity contribution in [3.05, 3.63) is 21.9 Å². The Morgan fingerprint density at radius 2 is 2.31 bits per heavy atom. The third-order valence-corrected chi connectivity index (χ3v) is 1.44. The summed E-state index contributed by atoms with van der Waals surface area (Å²) in [6, 6.07) is 0. The molecule has 0 spiro atoms. The van der Waals surface area contributed by atoms with Crippen LogP contribution in [-0.2, 0) is 9.59 Å². The van der Waals surface area contributed by atoms with Gasteiger partial charge in [-0.05, 0) is 0 Å². The molecule has 2 N–H and O–H groups in total. The molecular formula is C6H5N3O4. The zero-order valence-electron chi connectivity index (χ0n) is 6.34. The number of allylic oxidation sites excluding steroid dienone is 1. The molecule has 1 atom stereocenters. The highest BCUT2D eigenvalue weighted by Gasteiger charge is 2.28. The minimum atomic E-state index is -1.31. The lowest BCUT2D eigenvalue weighted by Gasteiger charge is -2.05. The van der Waals surface area contributed by atoms with Crippen molar-refractivity contribution < 1.29 is 14.5 Å². The third-order valence-electron chi connectivity index (χ3n) is 1.44. The first-order valence-electron chi connectivity index (χ1n) is 3.26. The Morgan fingerprint density at radius 3 is 2.77 bits per heavy atom. The Kier molecular flexibility index (Phi) is 2.18. The Hall–Kier alpha value is -2.05. The quantitative estimate of drug-likeness (QED) is 0.330. The third kappa shape index (κ3) is 1.75. The number of hydrogen-bond donors (Lipinski definition) is 1. The summed E-state index contributed by atoms with van der Waals surface area (Å²) in [5.41, 5.74) is 4.42. The van der Waals surface area contributed by atoms with Crippen molar-refractivity contribution in [2.24, 2.45) is 16.6 Å². The summed E-state index contributed by atoms with van der Waals surface area (Å²) in [5.74, 6) is -3.04. The van der Waals surface area contributed by atoms with Crippen LogP contribution in [0.3, 0.4) is 0 Å². The van der Waals surface area contributed by atoms with Gasteiger partial charge in [0.15, 0.2) is 0 Å². The van der Waals surface area contributed by atoms with E-state index < -0.39 is 28.4 Å². The average Bonchev–Trinajstić information content (AvgIpc) is 2.04. The Bertz CT molecular complexity index is 344. The van der Waals surface area contributed by atoms with Crippen molar-refractivity contribution in [1.29, 1.82) is 0 Å². The molecule has 1 aliphatic heterocycles. The van der Waals surface area contributed by atoms with Crippen LogP contribution in [0.15, 0.2) is 16.8 Å². The van der Waals surface area contributed by atoms with Gasteiger partial charge in [0.1, 0.15) is 12.1 Å². The molecule has 0 aromatic carbocycles. The van der Waals surface area contributed by atoms with Gasteiger partial charge in [-0.1, -0.05) is 0 Å². The van der Waals surface area contributed by atoms with E-state index in [-0.39, 0.29) is 0 Å². The second-order valence-electron chi connectivity index (χ2n) is 2.33.